The van der Waals surface area contributed by atoms with E-state index in [4.69, 9.17) is 22.1 Å². The van der Waals surface area contributed by atoms with Gasteiger partial charge in [0.2, 0.25) is 0 Å². The predicted octanol–water partition coefficient (Wildman–Crippen LogP) is 4.41. The van der Waals surface area contributed by atoms with Gasteiger partial charge in [-0.15, -0.1) is 0 Å². The molecule has 0 radical (unpaired) electrons. The van der Waals surface area contributed by atoms with Crippen LogP contribution in [0.2, 0.25) is 5.02 Å². The first-order valence-electron chi connectivity index (χ1n) is 6.45. The molecule has 0 aliphatic rings. The van der Waals surface area contributed by atoms with Crippen LogP contribution in [0.1, 0.15) is 18.9 Å². The quantitative estimate of drug-likeness (QED) is 0.877. The molecule has 100 valence electrons. The van der Waals surface area contributed by atoms with Gasteiger partial charge in [0.15, 0.2) is 0 Å². The summed E-state index contributed by atoms with van der Waals surface area (Å²) in [5, 5.41) is 0.669. The van der Waals surface area contributed by atoms with Crippen molar-refractivity contribution < 1.29 is 4.74 Å². The highest BCUT2D eigenvalue weighted by atomic mass is 35.5. The van der Waals surface area contributed by atoms with E-state index < -0.39 is 0 Å². The lowest BCUT2D eigenvalue weighted by Crippen LogP contribution is -2.21. The molecule has 2 aromatic carbocycles. The molecule has 2 rings (SSSR count). The second-order valence-corrected chi connectivity index (χ2v) is 5.01. The summed E-state index contributed by atoms with van der Waals surface area (Å²) < 4.78 is 5.73. The fourth-order valence-corrected chi connectivity index (χ4v) is 1.99. The van der Waals surface area contributed by atoms with Crippen LogP contribution in [0.25, 0.3) is 0 Å². The lowest BCUT2D eigenvalue weighted by Gasteiger charge is -2.10. The molecule has 19 heavy (non-hydrogen) atoms. The van der Waals surface area contributed by atoms with Crippen LogP contribution in [0.5, 0.6) is 11.5 Å². The third-order valence-corrected chi connectivity index (χ3v) is 3.21. The Bertz CT molecular complexity index is 525. The first-order chi connectivity index (χ1) is 9.17. The molecule has 0 aliphatic carbocycles. The molecule has 0 fully saturated rings. The van der Waals surface area contributed by atoms with E-state index in [0.29, 0.717) is 5.02 Å². The number of hydrogen-bond donors (Lipinski definition) is 1. The largest absolute Gasteiger partial charge is 0.457 e. The fraction of sp³-hybridized carbons (Fsp3) is 0.250. The zero-order chi connectivity index (χ0) is 13.7. The lowest BCUT2D eigenvalue weighted by atomic mass is 10.0. The minimum atomic E-state index is 0.222. The van der Waals surface area contributed by atoms with Gasteiger partial charge in [0.1, 0.15) is 11.5 Å². The van der Waals surface area contributed by atoms with Gasteiger partial charge in [-0.25, -0.2) is 0 Å². The van der Waals surface area contributed by atoms with Crippen LogP contribution in [-0.4, -0.2) is 6.04 Å². The molecule has 0 heterocycles. The number of nitrogens with two attached hydrogens (primary N) is 1. The average Bonchev–Trinajstić information content (AvgIpc) is 2.41. The Balaban J connectivity index is 2.02. The van der Waals surface area contributed by atoms with E-state index in [2.05, 4.69) is 19.1 Å². The fourth-order valence-electron chi connectivity index (χ4n) is 1.81. The van der Waals surface area contributed by atoms with Gasteiger partial charge in [0.25, 0.3) is 0 Å². The van der Waals surface area contributed by atoms with E-state index in [1.807, 2.05) is 30.3 Å². The molecule has 0 aliphatic heterocycles. The number of ether oxygens (including phenoxy) is 1. The minimum Gasteiger partial charge on any atom is -0.457 e. The van der Waals surface area contributed by atoms with E-state index in [1.54, 1.807) is 6.07 Å². The summed E-state index contributed by atoms with van der Waals surface area (Å²) in [5.74, 6) is 1.54. The molecule has 0 amide bonds. The van der Waals surface area contributed by atoms with Crippen molar-refractivity contribution in [2.75, 3.05) is 0 Å². The third kappa shape index (κ3) is 4.27. The Morgan fingerprint density at radius 3 is 2.47 bits per heavy atom. The molecular formula is C16H18ClNO. The lowest BCUT2D eigenvalue weighted by molar-refractivity contribution is 0.482. The molecule has 0 saturated heterocycles. The van der Waals surface area contributed by atoms with Gasteiger partial charge in [-0.2, -0.15) is 0 Å². The molecule has 2 nitrogen and oxygen atoms in total. The first kappa shape index (κ1) is 13.9. The number of rotatable bonds is 5. The molecule has 1 atom stereocenters. The van der Waals surface area contributed by atoms with Gasteiger partial charge in [-0.1, -0.05) is 36.7 Å². The predicted molar refractivity (Wildman–Crippen MR) is 79.9 cm³/mol. The summed E-state index contributed by atoms with van der Waals surface area (Å²) in [6.07, 6.45) is 1.88. The minimum absolute atomic E-state index is 0.222. The van der Waals surface area contributed by atoms with E-state index in [9.17, 15) is 0 Å². The molecular weight excluding hydrogens is 258 g/mol. The maximum atomic E-state index is 5.94. The molecule has 0 bridgehead atoms. The third-order valence-electron chi connectivity index (χ3n) is 2.98. The normalized spacial score (nSPS) is 12.2. The van der Waals surface area contributed by atoms with Crippen molar-refractivity contribution >= 4 is 11.6 Å². The first-order valence-corrected chi connectivity index (χ1v) is 6.83. The van der Waals surface area contributed by atoms with Crippen molar-refractivity contribution in [3.8, 4) is 11.5 Å². The van der Waals surface area contributed by atoms with Crippen LogP contribution in [-0.2, 0) is 6.42 Å². The molecule has 1 unspecified atom stereocenters. The summed E-state index contributed by atoms with van der Waals surface area (Å²) in [7, 11) is 0. The molecule has 0 aromatic heterocycles. The molecule has 0 spiro atoms. The van der Waals surface area contributed by atoms with Crippen molar-refractivity contribution in [3.05, 3.63) is 59.1 Å². The smallest absolute Gasteiger partial charge is 0.128 e. The Labute approximate surface area is 119 Å². The maximum Gasteiger partial charge on any atom is 0.128 e. The van der Waals surface area contributed by atoms with Gasteiger partial charge in [-0.05, 0) is 48.7 Å². The summed E-state index contributed by atoms with van der Waals surface area (Å²) in [6, 6.07) is 15.6. The van der Waals surface area contributed by atoms with E-state index in [-0.39, 0.29) is 6.04 Å². The van der Waals surface area contributed by atoms with Crippen LogP contribution < -0.4 is 10.5 Å². The Morgan fingerprint density at radius 2 is 1.84 bits per heavy atom. The Kier molecular flexibility index (Phi) is 4.83. The summed E-state index contributed by atoms with van der Waals surface area (Å²) in [4.78, 5) is 0. The van der Waals surface area contributed by atoms with Crippen molar-refractivity contribution in [3.63, 3.8) is 0 Å². The van der Waals surface area contributed by atoms with Gasteiger partial charge >= 0.3 is 0 Å². The van der Waals surface area contributed by atoms with E-state index in [1.165, 1.54) is 5.56 Å². The van der Waals surface area contributed by atoms with Crippen LogP contribution >= 0.6 is 11.6 Å². The maximum absolute atomic E-state index is 5.94. The van der Waals surface area contributed by atoms with Gasteiger partial charge in [0, 0.05) is 11.1 Å². The van der Waals surface area contributed by atoms with Gasteiger partial charge in [-0.3, -0.25) is 0 Å². The van der Waals surface area contributed by atoms with Gasteiger partial charge < -0.3 is 10.5 Å². The van der Waals surface area contributed by atoms with Crippen molar-refractivity contribution in [1.29, 1.82) is 0 Å². The highest BCUT2D eigenvalue weighted by Crippen LogP contribution is 2.24. The van der Waals surface area contributed by atoms with E-state index in [0.717, 1.165) is 24.3 Å². The van der Waals surface area contributed by atoms with Crippen LogP contribution in [0.3, 0.4) is 0 Å². The van der Waals surface area contributed by atoms with Crippen molar-refractivity contribution in [2.45, 2.75) is 25.8 Å². The topological polar surface area (TPSA) is 35.2 Å². The van der Waals surface area contributed by atoms with Crippen molar-refractivity contribution in [2.24, 2.45) is 5.73 Å². The summed E-state index contributed by atoms with van der Waals surface area (Å²) in [6.45, 7) is 2.10. The second-order valence-electron chi connectivity index (χ2n) is 4.58. The Morgan fingerprint density at radius 1 is 1.11 bits per heavy atom. The summed E-state index contributed by atoms with van der Waals surface area (Å²) in [5.41, 5.74) is 7.17. The zero-order valence-electron chi connectivity index (χ0n) is 11.0. The SMILES string of the molecule is CCC(N)Cc1ccc(Oc2cccc(Cl)c2)cc1. The van der Waals surface area contributed by atoms with E-state index >= 15 is 0 Å². The average molecular weight is 276 g/mol. The Hall–Kier alpha value is -1.51. The number of halogens is 1. The monoisotopic (exact) mass is 275 g/mol. The molecule has 0 saturated carbocycles. The number of hydrogen-bond acceptors (Lipinski definition) is 2. The zero-order valence-corrected chi connectivity index (χ0v) is 11.7. The van der Waals surface area contributed by atoms with Crippen LogP contribution in [0.4, 0.5) is 0 Å². The van der Waals surface area contributed by atoms with Crippen molar-refractivity contribution in [1.82, 2.24) is 0 Å². The van der Waals surface area contributed by atoms with Crippen LogP contribution in [0.15, 0.2) is 48.5 Å². The highest BCUT2D eigenvalue weighted by molar-refractivity contribution is 6.30. The highest BCUT2D eigenvalue weighted by Gasteiger charge is 2.02. The molecule has 3 heteroatoms. The number of benzene rings is 2. The molecule has 2 N–H and O–H groups in total. The van der Waals surface area contributed by atoms with Gasteiger partial charge in [0.05, 0.1) is 0 Å². The standard InChI is InChI=1S/C16H18ClNO/c1-2-14(18)10-12-6-8-15(9-7-12)19-16-5-3-4-13(17)11-16/h3-9,11,14H,2,10,18H2,1H3. The molecule has 2 aromatic rings. The van der Waals surface area contributed by atoms with Crippen LogP contribution in [0, 0.1) is 0 Å². The summed E-state index contributed by atoms with van der Waals surface area (Å²) >= 11 is 5.92. The second kappa shape index (κ2) is 6.60.